The van der Waals surface area contributed by atoms with Crippen molar-refractivity contribution < 1.29 is 4.79 Å². The van der Waals surface area contributed by atoms with E-state index in [4.69, 9.17) is 0 Å². The van der Waals surface area contributed by atoms with Crippen molar-refractivity contribution in [2.24, 2.45) is 4.99 Å². The number of aliphatic imine (C=N–C) groups is 1. The van der Waals surface area contributed by atoms with Gasteiger partial charge in [0.05, 0.1) is 5.56 Å². The molecule has 1 aliphatic heterocycles. The second kappa shape index (κ2) is 2.85. The van der Waals surface area contributed by atoms with Crippen LogP contribution in [0.4, 0.5) is 5.82 Å². The second-order valence-corrected chi connectivity index (χ2v) is 2.65. The monoisotopic (exact) mass is 176 g/mol. The van der Waals surface area contributed by atoms with Crippen molar-refractivity contribution in [3.8, 4) is 0 Å². The zero-order valence-corrected chi connectivity index (χ0v) is 7.03. The first-order valence-electron chi connectivity index (χ1n) is 3.84. The lowest BCUT2D eigenvalue weighted by molar-refractivity contribution is 0.0945. The van der Waals surface area contributed by atoms with Crippen LogP contribution in [0.1, 0.15) is 17.3 Å². The van der Waals surface area contributed by atoms with Crippen molar-refractivity contribution >= 4 is 17.6 Å². The molecule has 0 atom stereocenters. The summed E-state index contributed by atoms with van der Waals surface area (Å²) in [5, 5.41) is 0. The summed E-state index contributed by atoms with van der Waals surface area (Å²) in [6.45, 7) is 1.75. The van der Waals surface area contributed by atoms with Crippen LogP contribution in [0.3, 0.4) is 0 Å². The van der Waals surface area contributed by atoms with E-state index in [9.17, 15) is 4.79 Å². The summed E-state index contributed by atoms with van der Waals surface area (Å²) in [7, 11) is 0. The molecule has 5 nitrogen and oxygen atoms in total. The molecule has 2 rings (SSSR count). The molecule has 0 saturated carbocycles. The maximum atomic E-state index is 11.4. The van der Waals surface area contributed by atoms with E-state index in [0.717, 1.165) is 0 Å². The minimum absolute atomic E-state index is 0.219. The number of nitrogens with zero attached hydrogens (tertiary/aromatic N) is 2. The SMILES string of the molecule is CC1=Nc2ncccc2C(=O)NN1. The zero-order chi connectivity index (χ0) is 9.26. The van der Waals surface area contributed by atoms with Gasteiger partial charge in [-0.2, -0.15) is 0 Å². The molecule has 13 heavy (non-hydrogen) atoms. The Morgan fingerprint density at radius 1 is 1.38 bits per heavy atom. The molecule has 0 spiro atoms. The minimum Gasteiger partial charge on any atom is -0.285 e. The van der Waals surface area contributed by atoms with Gasteiger partial charge in [0.2, 0.25) is 0 Å². The molecule has 2 N–H and O–H groups in total. The van der Waals surface area contributed by atoms with Gasteiger partial charge in [-0.25, -0.2) is 9.98 Å². The number of hydrogen-bond donors (Lipinski definition) is 2. The Morgan fingerprint density at radius 2 is 2.23 bits per heavy atom. The van der Waals surface area contributed by atoms with Crippen LogP contribution in [0.5, 0.6) is 0 Å². The fourth-order valence-corrected chi connectivity index (χ4v) is 1.06. The summed E-state index contributed by atoms with van der Waals surface area (Å²) in [6.07, 6.45) is 1.61. The molecule has 0 fully saturated rings. The molecule has 5 heteroatoms. The summed E-state index contributed by atoms with van der Waals surface area (Å²) in [5.74, 6) is 0.844. The zero-order valence-electron chi connectivity index (χ0n) is 7.03. The third-order valence-electron chi connectivity index (χ3n) is 1.66. The van der Waals surface area contributed by atoms with E-state index in [0.29, 0.717) is 17.2 Å². The lowest BCUT2D eigenvalue weighted by atomic mass is 10.2. The van der Waals surface area contributed by atoms with E-state index in [1.54, 1.807) is 25.3 Å². The summed E-state index contributed by atoms with van der Waals surface area (Å²) < 4.78 is 0. The van der Waals surface area contributed by atoms with Gasteiger partial charge < -0.3 is 0 Å². The molecule has 0 radical (unpaired) electrons. The Bertz CT molecular complexity index is 385. The van der Waals surface area contributed by atoms with Crippen LogP contribution in [0.2, 0.25) is 0 Å². The Kier molecular flexibility index (Phi) is 1.70. The molecule has 1 aliphatic rings. The van der Waals surface area contributed by atoms with Crippen LogP contribution in [0.25, 0.3) is 0 Å². The fourth-order valence-electron chi connectivity index (χ4n) is 1.06. The molecule has 1 aromatic rings. The topological polar surface area (TPSA) is 66.4 Å². The average molecular weight is 176 g/mol. The third kappa shape index (κ3) is 1.35. The van der Waals surface area contributed by atoms with Crippen molar-refractivity contribution in [3.05, 3.63) is 23.9 Å². The molecule has 0 aliphatic carbocycles. The van der Waals surface area contributed by atoms with Gasteiger partial charge in [0.15, 0.2) is 5.82 Å². The molecule has 0 bridgehead atoms. The number of amidine groups is 1. The number of carbonyl (C=O) groups is 1. The predicted molar refractivity (Wildman–Crippen MR) is 47.6 cm³/mol. The quantitative estimate of drug-likeness (QED) is 0.600. The van der Waals surface area contributed by atoms with Crippen molar-refractivity contribution in [2.45, 2.75) is 6.92 Å². The lowest BCUT2D eigenvalue weighted by Crippen LogP contribution is -2.38. The lowest BCUT2D eigenvalue weighted by Gasteiger charge is -2.01. The standard InChI is InChI=1S/C8H8N4O/c1-5-10-7-6(3-2-4-9-7)8(13)12-11-5/h2-4H,1H3,(H,12,13)(H,9,10,11). The highest BCUT2D eigenvalue weighted by Gasteiger charge is 2.14. The first kappa shape index (κ1) is 7.72. The highest BCUT2D eigenvalue weighted by Crippen LogP contribution is 2.15. The van der Waals surface area contributed by atoms with Crippen molar-refractivity contribution in [1.29, 1.82) is 0 Å². The van der Waals surface area contributed by atoms with E-state index >= 15 is 0 Å². The molecule has 1 amide bonds. The molecule has 0 saturated heterocycles. The Hall–Kier alpha value is -1.91. The largest absolute Gasteiger partial charge is 0.285 e. The normalized spacial score (nSPS) is 14.8. The van der Waals surface area contributed by atoms with Gasteiger partial charge >= 0.3 is 0 Å². The van der Waals surface area contributed by atoms with Crippen LogP contribution >= 0.6 is 0 Å². The van der Waals surface area contributed by atoms with E-state index < -0.39 is 0 Å². The molecule has 0 aromatic carbocycles. The van der Waals surface area contributed by atoms with Crippen LogP contribution in [0.15, 0.2) is 23.3 Å². The Balaban J connectivity index is 2.57. The minimum atomic E-state index is -0.219. The number of hydrogen-bond acceptors (Lipinski definition) is 4. The molecule has 1 aromatic heterocycles. The van der Waals surface area contributed by atoms with Crippen molar-refractivity contribution in [1.82, 2.24) is 15.8 Å². The van der Waals surface area contributed by atoms with Crippen molar-refractivity contribution in [2.75, 3.05) is 0 Å². The maximum Gasteiger partial charge on any atom is 0.273 e. The van der Waals surface area contributed by atoms with Gasteiger partial charge in [0, 0.05) is 6.20 Å². The molecular weight excluding hydrogens is 168 g/mol. The predicted octanol–water partition coefficient (Wildman–Crippen LogP) is 0.379. The highest BCUT2D eigenvalue weighted by molar-refractivity contribution is 6.01. The Labute approximate surface area is 74.9 Å². The highest BCUT2D eigenvalue weighted by atomic mass is 16.2. The molecule has 0 unspecified atom stereocenters. The summed E-state index contributed by atoms with van der Waals surface area (Å²) in [4.78, 5) is 19.5. The van der Waals surface area contributed by atoms with Gasteiger partial charge in [-0.3, -0.25) is 15.6 Å². The fraction of sp³-hybridized carbons (Fsp3) is 0.125. The van der Waals surface area contributed by atoms with E-state index in [1.807, 2.05) is 0 Å². The Morgan fingerprint density at radius 3 is 3.08 bits per heavy atom. The number of aromatic nitrogens is 1. The second-order valence-electron chi connectivity index (χ2n) is 2.65. The number of nitrogens with one attached hydrogen (secondary N) is 2. The number of pyridine rings is 1. The number of hydrazine groups is 1. The van der Waals surface area contributed by atoms with Crippen LogP contribution < -0.4 is 10.9 Å². The third-order valence-corrected chi connectivity index (χ3v) is 1.66. The first-order chi connectivity index (χ1) is 6.27. The van der Waals surface area contributed by atoms with Crippen LogP contribution in [-0.2, 0) is 0 Å². The molecular formula is C8H8N4O. The van der Waals surface area contributed by atoms with Gasteiger partial charge in [0.25, 0.3) is 5.91 Å². The number of amides is 1. The van der Waals surface area contributed by atoms with E-state index in [-0.39, 0.29) is 5.91 Å². The number of fused-ring (bicyclic) bond motifs is 1. The summed E-state index contributed by atoms with van der Waals surface area (Å²) in [6, 6.07) is 3.38. The van der Waals surface area contributed by atoms with Crippen LogP contribution in [-0.4, -0.2) is 16.7 Å². The van der Waals surface area contributed by atoms with Gasteiger partial charge in [-0.15, -0.1) is 0 Å². The smallest absolute Gasteiger partial charge is 0.273 e. The van der Waals surface area contributed by atoms with Gasteiger partial charge in [-0.05, 0) is 19.1 Å². The van der Waals surface area contributed by atoms with E-state index in [1.165, 1.54) is 0 Å². The number of carbonyl (C=O) groups excluding carboxylic acids is 1. The summed E-state index contributed by atoms with van der Waals surface area (Å²) in [5.41, 5.74) is 5.62. The van der Waals surface area contributed by atoms with E-state index in [2.05, 4.69) is 20.8 Å². The van der Waals surface area contributed by atoms with Crippen LogP contribution in [0, 0.1) is 0 Å². The molecule has 2 heterocycles. The van der Waals surface area contributed by atoms with Gasteiger partial charge in [-0.1, -0.05) is 0 Å². The average Bonchev–Trinajstić information content (AvgIpc) is 2.27. The first-order valence-corrected chi connectivity index (χ1v) is 3.84. The maximum absolute atomic E-state index is 11.4. The summed E-state index contributed by atoms with van der Waals surface area (Å²) >= 11 is 0. The van der Waals surface area contributed by atoms with Gasteiger partial charge in [0.1, 0.15) is 5.84 Å². The number of rotatable bonds is 0. The molecule has 66 valence electrons. The van der Waals surface area contributed by atoms with Crippen molar-refractivity contribution in [3.63, 3.8) is 0 Å².